The Morgan fingerprint density at radius 3 is 2.48 bits per heavy atom. The van der Waals surface area contributed by atoms with Gasteiger partial charge in [0.25, 0.3) is 5.91 Å². The smallest absolute Gasteiger partial charge is 0.311 e. The Kier molecular flexibility index (Phi) is 6.96. The summed E-state index contributed by atoms with van der Waals surface area (Å²) in [6, 6.07) is 12.0. The summed E-state index contributed by atoms with van der Waals surface area (Å²) in [6.07, 6.45) is -0.0118. The number of rotatable bonds is 8. The van der Waals surface area contributed by atoms with Crippen LogP contribution in [0.4, 0.5) is 11.4 Å². The molecule has 2 aromatic carbocycles. The molecule has 0 unspecified atom stereocenters. The zero-order valence-corrected chi connectivity index (χ0v) is 17.5. The van der Waals surface area contributed by atoms with Gasteiger partial charge < -0.3 is 29.2 Å². The number of carbonyl (C=O) groups is 3. The number of amides is 2. The normalized spacial score (nSPS) is 15.4. The number of carbonyl (C=O) groups excluding carboxylic acids is 3. The van der Waals surface area contributed by atoms with Crippen LogP contribution in [-0.2, 0) is 19.1 Å². The number of ether oxygens (including phenoxy) is 4. The lowest BCUT2D eigenvalue weighted by atomic mass is 10.1. The van der Waals surface area contributed by atoms with Crippen LogP contribution >= 0.6 is 0 Å². The Balaban J connectivity index is 1.59. The lowest BCUT2D eigenvalue weighted by Crippen LogP contribution is -2.28. The fourth-order valence-electron chi connectivity index (χ4n) is 3.29. The molecule has 0 saturated carbocycles. The van der Waals surface area contributed by atoms with Crippen LogP contribution in [0.1, 0.15) is 6.42 Å². The zero-order chi connectivity index (χ0) is 22.4. The molecule has 3 rings (SSSR count). The SMILES string of the molecule is COc1ccc(N2C[C@@H](C(=O)OCC(=O)Nc3ccccc3OC)CC2=O)c(OC)c1. The van der Waals surface area contributed by atoms with Crippen molar-refractivity contribution in [3.8, 4) is 17.2 Å². The van der Waals surface area contributed by atoms with E-state index in [1.165, 1.54) is 26.2 Å². The lowest BCUT2D eigenvalue weighted by Gasteiger charge is -2.20. The van der Waals surface area contributed by atoms with Gasteiger partial charge in [0.05, 0.1) is 38.6 Å². The van der Waals surface area contributed by atoms with Crippen LogP contribution in [0.5, 0.6) is 17.2 Å². The summed E-state index contributed by atoms with van der Waals surface area (Å²) in [6.45, 7) is -0.331. The molecule has 1 fully saturated rings. The van der Waals surface area contributed by atoms with Gasteiger partial charge in [0.1, 0.15) is 17.2 Å². The number of nitrogens with one attached hydrogen (secondary N) is 1. The van der Waals surface area contributed by atoms with E-state index >= 15 is 0 Å². The molecule has 1 aliphatic heterocycles. The fraction of sp³-hybridized carbons (Fsp3) is 0.318. The highest BCUT2D eigenvalue weighted by Gasteiger charge is 2.37. The first-order chi connectivity index (χ1) is 15.0. The number of hydrogen-bond acceptors (Lipinski definition) is 7. The number of nitrogens with zero attached hydrogens (tertiary/aromatic N) is 1. The molecular formula is C22H24N2O7. The van der Waals surface area contributed by atoms with E-state index in [1.807, 2.05) is 0 Å². The van der Waals surface area contributed by atoms with Crippen molar-refractivity contribution in [1.29, 1.82) is 0 Å². The third-order valence-corrected chi connectivity index (χ3v) is 4.86. The number of esters is 1. The van der Waals surface area contributed by atoms with Gasteiger partial charge in [-0.1, -0.05) is 12.1 Å². The molecule has 9 heteroatoms. The van der Waals surface area contributed by atoms with Crippen LogP contribution in [0, 0.1) is 5.92 Å². The van der Waals surface area contributed by atoms with Gasteiger partial charge in [-0.05, 0) is 24.3 Å². The summed E-state index contributed by atoms with van der Waals surface area (Å²) in [5.41, 5.74) is 1.01. The van der Waals surface area contributed by atoms with E-state index in [1.54, 1.807) is 42.5 Å². The molecule has 31 heavy (non-hydrogen) atoms. The molecule has 1 saturated heterocycles. The van der Waals surface area contributed by atoms with Crippen molar-refractivity contribution in [1.82, 2.24) is 0 Å². The predicted octanol–water partition coefficient (Wildman–Crippen LogP) is 2.25. The minimum Gasteiger partial charge on any atom is -0.497 e. The predicted molar refractivity (Wildman–Crippen MR) is 113 cm³/mol. The Labute approximate surface area is 179 Å². The van der Waals surface area contributed by atoms with Crippen molar-refractivity contribution >= 4 is 29.2 Å². The molecule has 1 heterocycles. The van der Waals surface area contributed by atoms with Gasteiger partial charge in [-0.3, -0.25) is 14.4 Å². The number of methoxy groups -OCH3 is 3. The van der Waals surface area contributed by atoms with Crippen LogP contribution in [0.2, 0.25) is 0 Å². The van der Waals surface area contributed by atoms with E-state index < -0.39 is 24.4 Å². The van der Waals surface area contributed by atoms with Gasteiger partial charge in [0, 0.05) is 19.0 Å². The highest BCUT2D eigenvalue weighted by atomic mass is 16.5. The molecular weight excluding hydrogens is 404 g/mol. The second-order valence-corrected chi connectivity index (χ2v) is 6.80. The summed E-state index contributed by atoms with van der Waals surface area (Å²) in [4.78, 5) is 38.6. The molecule has 0 aromatic heterocycles. The Morgan fingerprint density at radius 1 is 1.03 bits per heavy atom. The van der Waals surface area contributed by atoms with Crippen LogP contribution < -0.4 is 24.4 Å². The van der Waals surface area contributed by atoms with Crippen molar-refractivity contribution in [3.05, 3.63) is 42.5 Å². The molecule has 164 valence electrons. The largest absolute Gasteiger partial charge is 0.497 e. The van der Waals surface area contributed by atoms with Gasteiger partial charge in [0.15, 0.2) is 6.61 Å². The van der Waals surface area contributed by atoms with Crippen LogP contribution in [0.25, 0.3) is 0 Å². The third kappa shape index (κ3) is 5.06. The second kappa shape index (κ2) is 9.84. The standard InChI is InChI=1S/C22H24N2O7/c1-28-15-8-9-17(19(11-15)30-3)24-12-14(10-21(24)26)22(27)31-13-20(25)23-16-6-4-5-7-18(16)29-2/h4-9,11,14H,10,12-13H2,1-3H3,(H,23,25)/t14-/m0/s1. The maximum atomic E-state index is 12.5. The zero-order valence-electron chi connectivity index (χ0n) is 17.5. The lowest BCUT2D eigenvalue weighted by molar-refractivity contribution is -0.151. The Morgan fingerprint density at radius 2 is 1.77 bits per heavy atom. The third-order valence-electron chi connectivity index (χ3n) is 4.86. The summed E-state index contributed by atoms with van der Waals surface area (Å²) >= 11 is 0. The molecule has 1 N–H and O–H groups in total. The highest BCUT2D eigenvalue weighted by molar-refractivity contribution is 6.01. The van der Waals surface area contributed by atoms with E-state index in [9.17, 15) is 14.4 Å². The molecule has 1 aliphatic rings. The summed E-state index contributed by atoms with van der Waals surface area (Å²) < 4.78 is 20.8. The van der Waals surface area contributed by atoms with Crippen LogP contribution in [0.15, 0.2) is 42.5 Å². The Bertz CT molecular complexity index is 976. The maximum absolute atomic E-state index is 12.5. The molecule has 0 spiro atoms. The average molecular weight is 428 g/mol. The topological polar surface area (TPSA) is 103 Å². The van der Waals surface area contributed by atoms with Gasteiger partial charge in [-0.2, -0.15) is 0 Å². The number of hydrogen-bond donors (Lipinski definition) is 1. The first kappa shape index (κ1) is 21.9. The van der Waals surface area contributed by atoms with Crippen molar-refractivity contribution in [2.45, 2.75) is 6.42 Å². The highest BCUT2D eigenvalue weighted by Crippen LogP contribution is 2.36. The van der Waals surface area contributed by atoms with Gasteiger partial charge in [-0.25, -0.2) is 0 Å². The first-order valence-corrected chi connectivity index (χ1v) is 9.58. The van der Waals surface area contributed by atoms with E-state index in [4.69, 9.17) is 18.9 Å². The quantitative estimate of drug-likeness (QED) is 0.643. The first-order valence-electron chi connectivity index (χ1n) is 9.58. The van der Waals surface area contributed by atoms with Crippen molar-refractivity contribution in [2.24, 2.45) is 5.92 Å². The molecule has 0 radical (unpaired) electrons. The molecule has 2 aromatic rings. The minimum atomic E-state index is -0.682. The molecule has 2 amide bonds. The van der Waals surface area contributed by atoms with Crippen molar-refractivity contribution in [2.75, 3.05) is 44.7 Å². The molecule has 0 bridgehead atoms. The molecule has 0 aliphatic carbocycles. The molecule has 9 nitrogen and oxygen atoms in total. The van der Waals surface area contributed by atoms with Crippen molar-refractivity contribution in [3.63, 3.8) is 0 Å². The number of benzene rings is 2. The summed E-state index contributed by atoms with van der Waals surface area (Å²) in [5, 5.41) is 2.63. The fourth-order valence-corrected chi connectivity index (χ4v) is 3.29. The summed E-state index contributed by atoms with van der Waals surface area (Å²) in [7, 11) is 4.52. The van der Waals surface area contributed by atoms with Crippen LogP contribution in [-0.4, -0.2) is 52.3 Å². The van der Waals surface area contributed by atoms with E-state index in [-0.39, 0.29) is 18.9 Å². The monoisotopic (exact) mass is 428 g/mol. The van der Waals surface area contributed by atoms with Gasteiger partial charge in [0.2, 0.25) is 5.91 Å². The number of para-hydroxylation sites is 2. The molecule has 1 atom stereocenters. The maximum Gasteiger partial charge on any atom is 0.311 e. The summed E-state index contributed by atoms with van der Waals surface area (Å²) in [5.74, 6) is -0.494. The van der Waals surface area contributed by atoms with Gasteiger partial charge in [-0.15, -0.1) is 0 Å². The van der Waals surface area contributed by atoms with Crippen LogP contribution in [0.3, 0.4) is 0 Å². The van der Waals surface area contributed by atoms with E-state index in [0.29, 0.717) is 28.6 Å². The van der Waals surface area contributed by atoms with E-state index in [0.717, 1.165) is 0 Å². The average Bonchev–Trinajstić information content (AvgIpc) is 3.18. The van der Waals surface area contributed by atoms with Gasteiger partial charge >= 0.3 is 5.97 Å². The van der Waals surface area contributed by atoms with E-state index in [2.05, 4.69) is 5.32 Å². The minimum absolute atomic E-state index is 0.0118. The Hall–Kier alpha value is -3.75. The van der Waals surface area contributed by atoms with Crippen molar-refractivity contribution < 1.29 is 33.3 Å². The second-order valence-electron chi connectivity index (χ2n) is 6.80. The number of anilines is 2.